The third kappa shape index (κ3) is 2.65. The first-order chi connectivity index (χ1) is 8.02. The van der Waals surface area contributed by atoms with Crippen molar-refractivity contribution in [3.63, 3.8) is 0 Å². The van der Waals surface area contributed by atoms with Crippen LogP contribution in [0.5, 0.6) is 0 Å². The van der Waals surface area contributed by atoms with E-state index < -0.39 is 5.54 Å². The summed E-state index contributed by atoms with van der Waals surface area (Å²) in [5, 5.41) is 13.0. The number of carbonyl (C=O) groups is 1. The number of aliphatic hydroxyl groups is 1. The number of nitrogens with one attached hydrogen (secondary N) is 1. The number of hydrogen-bond acceptors (Lipinski definition) is 3. The van der Waals surface area contributed by atoms with Gasteiger partial charge >= 0.3 is 0 Å². The van der Waals surface area contributed by atoms with Gasteiger partial charge in [0, 0.05) is 4.70 Å². The van der Waals surface area contributed by atoms with Crippen LogP contribution in [0.3, 0.4) is 0 Å². The highest BCUT2D eigenvalue weighted by Crippen LogP contribution is 2.25. The maximum absolute atomic E-state index is 12.0. The molecule has 1 amide bonds. The minimum absolute atomic E-state index is 0.0797. The Kier molecular flexibility index (Phi) is 3.17. The van der Waals surface area contributed by atoms with Gasteiger partial charge in [-0.15, -0.1) is 11.3 Å². The van der Waals surface area contributed by atoms with Gasteiger partial charge in [-0.3, -0.25) is 4.79 Å². The van der Waals surface area contributed by atoms with E-state index in [0.29, 0.717) is 4.88 Å². The molecule has 0 aliphatic heterocycles. The quantitative estimate of drug-likeness (QED) is 0.877. The van der Waals surface area contributed by atoms with Crippen molar-refractivity contribution in [2.75, 3.05) is 6.61 Å². The molecular formula is C13H15NO2S. The number of carbonyl (C=O) groups excluding carboxylic acids is 1. The number of rotatable bonds is 3. The summed E-state index contributed by atoms with van der Waals surface area (Å²) in [6.45, 7) is 3.50. The molecule has 17 heavy (non-hydrogen) atoms. The number of fused-ring (bicyclic) bond motifs is 1. The molecule has 0 aliphatic carbocycles. The van der Waals surface area contributed by atoms with Crippen LogP contribution in [0.25, 0.3) is 10.1 Å². The number of benzene rings is 1. The molecule has 1 heterocycles. The molecule has 90 valence electrons. The summed E-state index contributed by atoms with van der Waals surface area (Å²) in [6, 6.07) is 9.77. The summed E-state index contributed by atoms with van der Waals surface area (Å²) in [6.07, 6.45) is 0. The highest BCUT2D eigenvalue weighted by Gasteiger charge is 2.21. The first-order valence-electron chi connectivity index (χ1n) is 5.44. The number of hydrogen-bond donors (Lipinski definition) is 2. The minimum atomic E-state index is -0.590. The Labute approximate surface area is 104 Å². The van der Waals surface area contributed by atoms with Gasteiger partial charge in [0.05, 0.1) is 17.0 Å². The zero-order valence-electron chi connectivity index (χ0n) is 9.86. The van der Waals surface area contributed by atoms with Crippen molar-refractivity contribution in [1.82, 2.24) is 5.32 Å². The van der Waals surface area contributed by atoms with Crippen molar-refractivity contribution in [2.24, 2.45) is 0 Å². The van der Waals surface area contributed by atoms with E-state index in [0.717, 1.165) is 10.1 Å². The highest BCUT2D eigenvalue weighted by molar-refractivity contribution is 7.20. The molecule has 0 saturated carbocycles. The normalized spacial score (nSPS) is 11.7. The molecule has 0 saturated heterocycles. The Morgan fingerprint density at radius 2 is 2.12 bits per heavy atom. The summed E-state index contributed by atoms with van der Waals surface area (Å²) in [4.78, 5) is 12.7. The number of aliphatic hydroxyl groups excluding tert-OH is 1. The molecule has 4 heteroatoms. The van der Waals surface area contributed by atoms with Gasteiger partial charge in [-0.25, -0.2) is 0 Å². The fourth-order valence-corrected chi connectivity index (χ4v) is 2.46. The Balaban J connectivity index is 2.25. The zero-order chi connectivity index (χ0) is 12.5. The van der Waals surface area contributed by atoms with E-state index >= 15 is 0 Å². The van der Waals surface area contributed by atoms with Crippen LogP contribution in [0.1, 0.15) is 23.5 Å². The Bertz CT molecular complexity index is 512. The SMILES string of the molecule is CC(C)(CO)NC(=O)c1cc2ccccc2s1. The molecule has 2 aromatic rings. The van der Waals surface area contributed by atoms with Crippen LogP contribution in [-0.4, -0.2) is 23.2 Å². The maximum atomic E-state index is 12.0. The molecule has 2 rings (SSSR count). The molecule has 0 atom stereocenters. The molecule has 2 N–H and O–H groups in total. The monoisotopic (exact) mass is 249 g/mol. The van der Waals surface area contributed by atoms with Crippen molar-refractivity contribution >= 4 is 27.3 Å². The Hall–Kier alpha value is -1.39. The minimum Gasteiger partial charge on any atom is -0.394 e. The molecule has 1 aromatic carbocycles. The average molecular weight is 249 g/mol. The third-order valence-electron chi connectivity index (χ3n) is 2.50. The van der Waals surface area contributed by atoms with Gasteiger partial charge in [0.1, 0.15) is 0 Å². The van der Waals surface area contributed by atoms with E-state index in [1.165, 1.54) is 11.3 Å². The fourth-order valence-electron chi connectivity index (χ4n) is 1.50. The van der Waals surface area contributed by atoms with Crippen molar-refractivity contribution < 1.29 is 9.90 Å². The first kappa shape index (κ1) is 12.1. The Morgan fingerprint density at radius 1 is 1.41 bits per heavy atom. The van der Waals surface area contributed by atoms with Crippen molar-refractivity contribution in [3.8, 4) is 0 Å². The van der Waals surface area contributed by atoms with Crippen LogP contribution in [0.2, 0.25) is 0 Å². The number of thiophene rings is 1. The smallest absolute Gasteiger partial charge is 0.261 e. The third-order valence-corrected chi connectivity index (χ3v) is 3.61. The topological polar surface area (TPSA) is 49.3 Å². The van der Waals surface area contributed by atoms with Gasteiger partial charge in [0.25, 0.3) is 5.91 Å². The maximum Gasteiger partial charge on any atom is 0.261 e. The molecular weight excluding hydrogens is 234 g/mol. The van der Waals surface area contributed by atoms with Crippen LogP contribution >= 0.6 is 11.3 Å². The van der Waals surface area contributed by atoms with E-state index in [2.05, 4.69) is 5.32 Å². The second-order valence-corrected chi connectivity index (χ2v) is 5.73. The highest BCUT2D eigenvalue weighted by atomic mass is 32.1. The summed E-state index contributed by atoms with van der Waals surface area (Å²) >= 11 is 1.46. The second kappa shape index (κ2) is 4.47. The lowest BCUT2D eigenvalue weighted by Crippen LogP contribution is -2.46. The standard InChI is InChI=1S/C13H15NO2S/c1-13(2,8-15)14-12(16)11-7-9-5-3-4-6-10(9)17-11/h3-7,15H,8H2,1-2H3,(H,14,16). The summed E-state index contributed by atoms with van der Waals surface area (Å²) in [7, 11) is 0. The number of amides is 1. The summed E-state index contributed by atoms with van der Waals surface area (Å²) < 4.78 is 1.10. The first-order valence-corrected chi connectivity index (χ1v) is 6.25. The van der Waals surface area contributed by atoms with Crippen LogP contribution in [0, 0.1) is 0 Å². The van der Waals surface area contributed by atoms with Crippen LogP contribution in [-0.2, 0) is 0 Å². The van der Waals surface area contributed by atoms with Crippen LogP contribution < -0.4 is 5.32 Å². The molecule has 0 bridgehead atoms. The van der Waals surface area contributed by atoms with Crippen LogP contribution in [0.15, 0.2) is 30.3 Å². The molecule has 0 spiro atoms. The molecule has 3 nitrogen and oxygen atoms in total. The van der Waals surface area contributed by atoms with E-state index in [1.807, 2.05) is 30.3 Å². The van der Waals surface area contributed by atoms with Crippen LogP contribution in [0.4, 0.5) is 0 Å². The summed E-state index contributed by atoms with van der Waals surface area (Å²) in [5.41, 5.74) is -0.590. The van der Waals surface area contributed by atoms with Gasteiger partial charge in [-0.1, -0.05) is 18.2 Å². The predicted octanol–water partition coefficient (Wildman–Crippen LogP) is 2.40. The fraction of sp³-hybridized carbons (Fsp3) is 0.308. The molecule has 1 aromatic heterocycles. The zero-order valence-corrected chi connectivity index (χ0v) is 10.7. The molecule has 0 aliphatic rings. The van der Waals surface area contributed by atoms with E-state index in [1.54, 1.807) is 13.8 Å². The molecule has 0 fully saturated rings. The predicted molar refractivity (Wildman–Crippen MR) is 70.5 cm³/mol. The van der Waals surface area contributed by atoms with Crippen molar-refractivity contribution in [3.05, 3.63) is 35.2 Å². The van der Waals surface area contributed by atoms with Gasteiger partial charge in [0.15, 0.2) is 0 Å². The molecule has 0 radical (unpaired) electrons. The van der Waals surface area contributed by atoms with E-state index in [4.69, 9.17) is 5.11 Å². The lowest BCUT2D eigenvalue weighted by atomic mass is 10.1. The second-order valence-electron chi connectivity index (χ2n) is 4.64. The van der Waals surface area contributed by atoms with E-state index in [9.17, 15) is 4.79 Å². The van der Waals surface area contributed by atoms with Crippen molar-refractivity contribution in [2.45, 2.75) is 19.4 Å². The molecule has 0 unspecified atom stereocenters. The lowest BCUT2D eigenvalue weighted by Gasteiger charge is -2.22. The lowest BCUT2D eigenvalue weighted by molar-refractivity contribution is 0.0873. The van der Waals surface area contributed by atoms with Gasteiger partial charge in [-0.05, 0) is 31.4 Å². The van der Waals surface area contributed by atoms with Gasteiger partial charge < -0.3 is 10.4 Å². The van der Waals surface area contributed by atoms with Gasteiger partial charge in [-0.2, -0.15) is 0 Å². The largest absolute Gasteiger partial charge is 0.394 e. The summed E-state index contributed by atoms with van der Waals surface area (Å²) in [5.74, 6) is -0.134. The van der Waals surface area contributed by atoms with Crippen molar-refractivity contribution in [1.29, 1.82) is 0 Å². The Morgan fingerprint density at radius 3 is 2.76 bits per heavy atom. The van der Waals surface area contributed by atoms with E-state index in [-0.39, 0.29) is 12.5 Å². The van der Waals surface area contributed by atoms with Gasteiger partial charge in [0.2, 0.25) is 0 Å². The average Bonchev–Trinajstić information content (AvgIpc) is 2.72.